The van der Waals surface area contributed by atoms with Crippen LogP contribution in [0.4, 0.5) is 0 Å². The van der Waals surface area contributed by atoms with Gasteiger partial charge < -0.3 is 5.11 Å². The number of ketones is 1. The molecule has 0 aromatic heterocycles. The molecule has 15 heavy (non-hydrogen) atoms. The standard InChI is InChI=1S/C12H15ClO2/c1-12(2,15)11(10(14)8-13)9-6-4-3-5-7-9/h3-7,11,15H,8H2,1-2H3. The van der Waals surface area contributed by atoms with Gasteiger partial charge in [0.25, 0.3) is 0 Å². The second kappa shape index (κ2) is 4.77. The third-order valence-corrected chi connectivity index (χ3v) is 2.56. The van der Waals surface area contributed by atoms with Crippen LogP contribution in [0.15, 0.2) is 30.3 Å². The zero-order valence-electron chi connectivity index (χ0n) is 8.90. The van der Waals surface area contributed by atoms with Crippen molar-refractivity contribution < 1.29 is 9.90 Å². The largest absolute Gasteiger partial charge is 0.389 e. The van der Waals surface area contributed by atoms with Crippen molar-refractivity contribution in [1.82, 2.24) is 0 Å². The number of benzene rings is 1. The van der Waals surface area contributed by atoms with Crippen LogP contribution in [-0.4, -0.2) is 22.4 Å². The Labute approximate surface area is 94.9 Å². The average molecular weight is 227 g/mol. The van der Waals surface area contributed by atoms with Gasteiger partial charge in [0, 0.05) is 0 Å². The molecular weight excluding hydrogens is 212 g/mol. The first-order valence-corrected chi connectivity index (χ1v) is 5.36. The Morgan fingerprint density at radius 1 is 1.40 bits per heavy atom. The smallest absolute Gasteiger partial charge is 0.157 e. The minimum atomic E-state index is -1.09. The van der Waals surface area contributed by atoms with E-state index in [1.807, 2.05) is 30.3 Å². The van der Waals surface area contributed by atoms with Gasteiger partial charge in [0.15, 0.2) is 5.78 Å². The van der Waals surface area contributed by atoms with E-state index in [0.717, 1.165) is 5.56 Å². The SMILES string of the molecule is CC(C)(O)C(C(=O)CCl)c1ccccc1. The van der Waals surface area contributed by atoms with Crippen molar-refractivity contribution in [3.63, 3.8) is 0 Å². The molecular formula is C12H15ClO2. The number of alkyl halides is 1. The molecule has 1 unspecified atom stereocenters. The summed E-state index contributed by atoms with van der Waals surface area (Å²) in [6, 6.07) is 9.21. The average Bonchev–Trinajstić information content (AvgIpc) is 2.17. The van der Waals surface area contributed by atoms with Crippen molar-refractivity contribution in [2.45, 2.75) is 25.4 Å². The van der Waals surface area contributed by atoms with Crippen molar-refractivity contribution >= 4 is 17.4 Å². The van der Waals surface area contributed by atoms with Crippen LogP contribution in [0.5, 0.6) is 0 Å². The van der Waals surface area contributed by atoms with Crippen LogP contribution in [-0.2, 0) is 4.79 Å². The summed E-state index contributed by atoms with van der Waals surface area (Å²) in [5, 5.41) is 9.95. The maximum Gasteiger partial charge on any atom is 0.157 e. The summed E-state index contributed by atoms with van der Waals surface area (Å²) < 4.78 is 0. The molecule has 82 valence electrons. The zero-order chi connectivity index (χ0) is 11.5. The van der Waals surface area contributed by atoms with E-state index in [0.29, 0.717) is 0 Å². The number of hydrogen-bond acceptors (Lipinski definition) is 2. The second-order valence-corrected chi connectivity index (χ2v) is 4.36. The maximum atomic E-state index is 11.7. The monoisotopic (exact) mass is 226 g/mol. The lowest BCUT2D eigenvalue weighted by molar-refractivity contribution is -0.123. The predicted octanol–water partition coefficient (Wildman–Crippen LogP) is 2.35. The van der Waals surface area contributed by atoms with E-state index in [2.05, 4.69) is 0 Å². The van der Waals surface area contributed by atoms with Crippen LogP contribution in [0.3, 0.4) is 0 Å². The molecule has 1 aromatic carbocycles. The summed E-state index contributed by atoms with van der Waals surface area (Å²) in [6.45, 7) is 3.24. The van der Waals surface area contributed by atoms with Crippen LogP contribution < -0.4 is 0 Å². The summed E-state index contributed by atoms with van der Waals surface area (Å²) in [5.74, 6) is -0.796. The summed E-state index contributed by atoms with van der Waals surface area (Å²) in [6.07, 6.45) is 0. The van der Waals surface area contributed by atoms with Crippen molar-refractivity contribution in [2.75, 3.05) is 5.88 Å². The number of aliphatic hydroxyl groups is 1. The number of hydrogen-bond donors (Lipinski definition) is 1. The molecule has 1 rings (SSSR count). The van der Waals surface area contributed by atoms with E-state index in [1.165, 1.54) is 0 Å². The van der Waals surface area contributed by atoms with E-state index in [1.54, 1.807) is 13.8 Å². The Morgan fingerprint density at radius 3 is 2.33 bits per heavy atom. The highest BCUT2D eigenvalue weighted by Gasteiger charge is 2.33. The van der Waals surface area contributed by atoms with Gasteiger partial charge in [-0.2, -0.15) is 0 Å². The van der Waals surface area contributed by atoms with Crippen molar-refractivity contribution in [3.8, 4) is 0 Å². The Kier molecular flexibility index (Phi) is 3.89. The molecule has 0 heterocycles. The summed E-state index contributed by atoms with van der Waals surface area (Å²) in [5.41, 5.74) is -0.288. The highest BCUT2D eigenvalue weighted by Crippen LogP contribution is 2.29. The van der Waals surface area contributed by atoms with Crippen LogP contribution in [0.25, 0.3) is 0 Å². The van der Waals surface area contributed by atoms with E-state index >= 15 is 0 Å². The number of carbonyl (C=O) groups excluding carboxylic acids is 1. The molecule has 0 radical (unpaired) electrons. The fraction of sp³-hybridized carbons (Fsp3) is 0.417. The fourth-order valence-corrected chi connectivity index (χ4v) is 1.86. The van der Waals surface area contributed by atoms with Gasteiger partial charge in [0.05, 0.1) is 17.4 Å². The molecule has 1 N–H and O–H groups in total. The van der Waals surface area contributed by atoms with Gasteiger partial charge >= 0.3 is 0 Å². The van der Waals surface area contributed by atoms with E-state index in [4.69, 9.17) is 11.6 Å². The lowest BCUT2D eigenvalue weighted by Crippen LogP contribution is -2.35. The molecule has 0 saturated heterocycles. The highest BCUT2D eigenvalue weighted by atomic mass is 35.5. The summed E-state index contributed by atoms with van der Waals surface area (Å²) in [4.78, 5) is 11.7. The van der Waals surface area contributed by atoms with Crippen molar-refractivity contribution in [3.05, 3.63) is 35.9 Å². The molecule has 0 spiro atoms. The molecule has 0 aliphatic heterocycles. The molecule has 0 amide bonds. The molecule has 2 nitrogen and oxygen atoms in total. The van der Waals surface area contributed by atoms with Crippen LogP contribution in [0.1, 0.15) is 25.3 Å². The zero-order valence-corrected chi connectivity index (χ0v) is 9.66. The molecule has 0 bridgehead atoms. The Balaban J connectivity index is 3.08. The Hall–Kier alpha value is -0.860. The summed E-state index contributed by atoms with van der Waals surface area (Å²) >= 11 is 5.54. The van der Waals surface area contributed by atoms with Crippen molar-refractivity contribution in [2.24, 2.45) is 0 Å². The van der Waals surface area contributed by atoms with Gasteiger partial charge in [-0.15, -0.1) is 11.6 Å². The van der Waals surface area contributed by atoms with Gasteiger partial charge in [-0.25, -0.2) is 0 Å². The first-order valence-electron chi connectivity index (χ1n) is 4.83. The molecule has 0 fully saturated rings. The van der Waals surface area contributed by atoms with Gasteiger partial charge in [0.2, 0.25) is 0 Å². The van der Waals surface area contributed by atoms with Crippen LogP contribution in [0.2, 0.25) is 0 Å². The third-order valence-electron chi connectivity index (χ3n) is 2.29. The highest BCUT2D eigenvalue weighted by molar-refractivity contribution is 6.28. The molecule has 1 aromatic rings. The van der Waals surface area contributed by atoms with E-state index < -0.39 is 11.5 Å². The Bertz CT molecular complexity index is 327. The minimum Gasteiger partial charge on any atom is -0.389 e. The first-order chi connectivity index (χ1) is 6.96. The number of halogens is 1. The molecule has 0 saturated carbocycles. The van der Waals surface area contributed by atoms with Crippen LogP contribution in [0, 0.1) is 0 Å². The normalized spacial score (nSPS) is 13.6. The van der Waals surface area contributed by atoms with Crippen LogP contribution >= 0.6 is 11.6 Å². The molecule has 1 atom stereocenters. The second-order valence-electron chi connectivity index (χ2n) is 4.10. The van der Waals surface area contributed by atoms with Gasteiger partial charge in [-0.1, -0.05) is 30.3 Å². The first kappa shape index (κ1) is 12.2. The molecule has 0 aliphatic carbocycles. The molecule has 0 aliphatic rings. The number of Topliss-reactive ketones (excluding diaryl/α,β-unsaturated/α-hetero) is 1. The van der Waals surface area contributed by atoms with Gasteiger partial charge in [-0.05, 0) is 19.4 Å². The maximum absolute atomic E-state index is 11.7. The number of carbonyl (C=O) groups is 1. The topological polar surface area (TPSA) is 37.3 Å². The van der Waals surface area contributed by atoms with Crippen molar-refractivity contribution in [1.29, 1.82) is 0 Å². The van der Waals surface area contributed by atoms with Gasteiger partial charge in [-0.3, -0.25) is 4.79 Å². The van der Waals surface area contributed by atoms with E-state index in [9.17, 15) is 9.90 Å². The fourth-order valence-electron chi connectivity index (χ4n) is 1.71. The minimum absolute atomic E-state index is 0.0798. The Morgan fingerprint density at radius 2 is 1.93 bits per heavy atom. The molecule has 3 heteroatoms. The lowest BCUT2D eigenvalue weighted by Gasteiger charge is -2.27. The van der Waals surface area contributed by atoms with E-state index in [-0.39, 0.29) is 11.7 Å². The van der Waals surface area contributed by atoms with Gasteiger partial charge in [0.1, 0.15) is 0 Å². The predicted molar refractivity (Wildman–Crippen MR) is 61.2 cm³/mol. The lowest BCUT2D eigenvalue weighted by atomic mass is 9.82. The third kappa shape index (κ3) is 3.05. The summed E-state index contributed by atoms with van der Waals surface area (Å²) in [7, 11) is 0. The quantitative estimate of drug-likeness (QED) is 0.801. The number of rotatable bonds is 4.